The lowest BCUT2D eigenvalue weighted by Gasteiger charge is -2.14. The maximum atomic E-state index is 11.9. The number of anilines is 1. The number of nitrogens with one attached hydrogen (secondary N) is 1. The van der Waals surface area contributed by atoms with Crippen LogP contribution >= 0.6 is 23.2 Å². The normalized spacial score (nSPS) is 11.5. The van der Waals surface area contributed by atoms with Gasteiger partial charge in [0.25, 0.3) is 5.91 Å². The molecule has 2 aromatic carbocycles. The second-order valence-electron chi connectivity index (χ2n) is 4.88. The lowest BCUT2D eigenvalue weighted by Crippen LogP contribution is -2.29. The summed E-state index contributed by atoms with van der Waals surface area (Å²) in [6, 6.07) is 13.2. The summed E-state index contributed by atoms with van der Waals surface area (Å²) >= 11 is 11.6. The molecule has 0 unspecified atom stereocenters. The topological polar surface area (TPSA) is 64.6 Å². The third-order valence-corrected chi connectivity index (χ3v) is 3.40. The second kappa shape index (κ2) is 8.57. The molecule has 0 fully saturated rings. The van der Waals surface area contributed by atoms with Crippen molar-refractivity contribution in [3.63, 3.8) is 0 Å². The van der Waals surface area contributed by atoms with Crippen molar-refractivity contribution in [3.8, 4) is 5.75 Å². The molecule has 0 aliphatic carbocycles. The summed E-state index contributed by atoms with van der Waals surface area (Å²) in [6.07, 6.45) is -0.856. The third kappa shape index (κ3) is 5.76. The maximum absolute atomic E-state index is 11.9. The number of carbonyl (C=O) groups is 2. The fraction of sp³-hybridized carbons (Fsp3) is 0.176. The third-order valence-electron chi connectivity index (χ3n) is 2.91. The molecular formula is C17H15Cl2NO4. The summed E-state index contributed by atoms with van der Waals surface area (Å²) in [5.74, 6) is -0.636. The van der Waals surface area contributed by atoms with E-state index in [4.69, 9.17) is 32.7 Å². The van der Waals surface area contributed by atoms with E-state index in [0.29, 0.717) is 21.5 Å². The fourth-order valence-electron chi connectivity index (χ4n) is 1.78. The molecule has 126 valence electrons. The Hall–Kier alpha value is -2.24. The van der Waals surface area contributed by atoms with Gasteiger partial charge in [-0.25, -0.2) is 4.79 Å². The molecule has 0 bridgehead atoms. The van der Waals surface area contributed by atoms with Gasteiger partial charge in [-0.1, -0.05) is 29.3 Å². The Morgan fingerprint density at radius 3 is 2.46 bits per heavy atom. The van der Waals surface area contributed by atoms with E-state index in [1.165, 1.54) is 6.92 Å². The summed E-state index contributed by atoms with van der Waals surface area (Å²) in [5.41, 5.74) is 0.522. The molecule has 0 aliphatic heterocycles. The van der Waals surface area contributed by atoms with Gasteiger partial charge in [-0.3, -0.25) is 4.79 Å². The van der Waals surface area contributed by atoms with Crippen LogP contribution in [0.1, 0.15) is 6.92 Å². The molecule has 0 radical (unpaired) electrons. The number of hydrogen-bond donors (Lipinski definition) is 1. The van der Waals surface area contributed by atoms with Crippen LogP contribution in [0.4, 0.5) is 5.69 Å². The van der Waals surface area contributed by atoms with Crippen LogP contribution in [0.3, 0.4) is 0 Å². The SMILES string of the molecule is C[C@@H](Oc1ccc(Cl)cc1)C(=O)OCC(=O)Nc1cccc(Cl)c1. The first-order valence-electron chi connectivity index (χ1n) is 7.08. The number of ether oxygens (including phenoxy) is 2. The molecule has 2 rings (SSSR count). The average molecular weight is 368 g/mol. The summed E-state index contributed by atoms with van der Waals surface area (Å²) in [6.45, 7) is 1.12. The Morgan fingerprint density at radius 1 is 1.08 bits per heavy atom. The lowest BCUT2D eigenvalue weighted by molar-refractivity contribution is -0.153. The lowest BCUT2D eigenvalue weighted by atomic mass is 10.3. The predicted octanol–water partition coefficient (Wildman–Crippen LogP) is 3.94. The quantitative estimate of drug-likeness (QED) is 0.785. The van der Waals surface area contributed by atoms with Crippen LogP contribution in [0.25, 0.3) is 0 Å². The molecule has 7 heteroatoms. The zero-order chi connectivity index (χ0) is 17.5. The summed E-state index contributed by atoms with van der Waals surface area (Å²) in [5, 5.41) is 3.64. The smallest absolute Gasteiger partial charge is 0.347 e. The Labute approximate surface area is 149 Å². The molecule has 1 amide bonds. The minimum atomic E-state index is -0.856. The molecule has 0 saturated carbocycles. The summed E-state index contributed by atoms with van der Waals surface area (Å²) in [4.78, 5) is 23.6. The average Bonchev–Trinajstić information content (AvgIpc) is 2.54. The predicted molar refractivity (Wildman–Crippen MR) is 92.6 cm³/mol. The van der Waals surface area contributed by atoms with Gasteiger partial charge in [0, 0.05) is 15.7 Å². The van der Waals surface area contributed by atoms with Crippen molar-refractivity contribution in [2.45, 2.75) is 13.0 Å². The van der Waals surface area contributed by atoms with Gasteiger partial charge in [0.15, 0.2) is 12.7 Å². The van der Waals surface area contributed by atoms with Gasteiger partial charge in [-0.2, -0.15) is 0 Å². The zero-order valence-corrected chi connectivity index (χ0v) is 14.3. The van der Waals surface area contributed by atoms with Crippen molar-refractivity contribution in [3.05, 3.63) is 58.6 Å². The standard InChI is InChI=1S/C17H15Cl2NO4/c1-11(24-15-7-5-12(18)6-8-15)17(22)23-10-16(21)20-14-4-2-3-13(19)9-14/h2-9,11H,10H2,1H3,(H,20,21)/t11-/m1/s1. The minimum Gasteiger partial charge on any atom is -0.479 e. The van der Waals surface area contributed by atoms with E-state index in [2.05, 4.69) is 5.32 Å². The van der Waals surface area contributed by atoms with Crippen LogP contribution in [0.5, 0.6) is 5.75 Å². The second-order valence-corrected chi connectivity index (χ2v) is 5.75. The van der Waals surface area contributed by atoms with Gasteiger partial charge >= 0.3 is 5.97 Å². The van der Waals surface area contributed by atoms with Crippen molar-refractivity contribution in [1.82, 2.24) is 0 Å². The van der Waals surface area contributed by atoms with Gasteiger partial charge < -0.3 is 14.8 Å². The first kappa shape index (κ1) is 18.1. The van der Waals surface area contributed by atoms with Crippen molar-refractivity contribution in [2.75, 3.05) is 11.9 Å². The molecule has 0 aliphatic rings. The highest BCUT2D eigenvalue weighted by atomic mass is 35.5. The zero-order valence-electron chi connectivity index (χ0n) is 12.8. The summed E-state index contributed by atoms with van der Waals surface area (Å²) in [7, 11) is 0. The van der Waals surface area contributed by atoms with Gasteiger partial charge in [0.05, 0.1) is 0 Å². The van der Waals surface area contributed by atoms with E-state index in [9.17, 15) is 9.59 Å². The number of amides is 1. The van der Waals surface area contributed by atoms with Crippen molar-refractivity contribution in [1.29, 1.82) is 0 Å². The molecule has 1 atom stereocenters. The van der Waals surface area contributed by atoms with Crippen LogP contribution in [-0.2, 0) is 14.3 Å². The largest absolute Gasteiger partial charge is 0.479 e. The van der Waals surface area contributed by atoms with Crippen LogP contribution in [0.15, 0.2) is 48.5 Å². The van der Waals surface area contributed by atoms with Gasteiger partial charge in [-0.15, -0.1) is 0 Å². The maximum Gasteiger partial charge on any atom is 0.347 e. The van der Waals surface area contributed by atoms with Crippen LogP contribution in [0.2, 0.25) is 10.0 Å². The van der Waals surface area contributed by atoms with Crippen molar-refractivity contribution in [2.24, 2.45) is 0 Å². The molecule has 0 aromatic heterocycles. The van der Waals surface area contributed by atoms with E-state index >= 15 is 0 Å². The Balaban J connectivity index is 1.79. The first-order valence-corrected chi connectivity index (χ1v) is 7.84. The van der Waals surface area contributed by atoms with E-state index in [-0.39, 0.29) is 0 Å². The van der Waals surface area contributed by atoms with Gasteiger partial charge in [0.1, 0.15) is 5.75 Å². The molecule has 2 aromatic rings. The van der Waals surface area contributed by atoms with Gasteiger partial charge in [0.2, 0.25) is 0 Å². The first-order chi connectivity index (χ1) is 11.4. The molecule has 1 N–H and O–H groups in total. The molecule has 0 saturated heterocycles. The summed E-state index contributed by atoms with van der Waals surface area (Å²) < 4.78 is 10.3. The van der Waals surface area contributed by atoms with E-state index in [1.54, 1.807) is 48.5 Å². The number of halogens is 2. The monoisotopic (exact) mass is 367 g/mol. The van der Waals surface area contributed by atoms with E-state index < -0.39 is 24.6 Å². The number of hydrogen-bond acceptors (Lipinski definition) is 4. The number of esters is 1. The number of benzene rings is 2. The van der Waals surface area contributed by atoms with Crippen LogP contribution in [-0.4, -0.2) is 24.6 Å². The van der Waals surface area contributed by atoms with Crippen molar-refractivity contribution >= 4 is 40.8 Å². The van der Waals surface area contributed by atoms with Gasteiger partial charge in [-0.05, 0) is 49.4 Å². The van der Waals surface area contributed by atoms with E-state index in [1.807, 2.05) is 0 Å². The van der Waals surface area contributed by atoms with Crippen molar-refractivity contribution < 1.29 is 19.1 Å². The molecule has 5 nitrogen and oxygen atoms in total. The van der Waals surface area contributed by atoms with Crippen LogP contribution in [0, 0.1) is 0 Å². The Morgan fingerprint density at radius 2 is 1.79 bits per heavy atom. The molecule has 0 heterocycles. The molecular weight excluding hydrogens is 353 g/mol. The Bertz CT molecular complexity index is 719. The highest BCUT2D eigenvalue weighted by molar-refractivity contribution is 6.31. The van der Waals surface area contributed by atoms with Crippen LogP contribution < -0.4 is 10.1 Å². The number of carbonyl (C=O) groups excluding carboxylic acids is 2. The number of rotatable bonds is 6. The highest BCUT2D eigenvalue weighted by Gasteiger charge is 2.18. The molecule has 24 heavy (non-hydrogen) atoms. The minimum absolute atomic E-state index is 0.417. The highest BCUT2D eigenvalue weighted by Crippen LogP contribution is 2.17. The Kier molecular flexibility index (Phi) is 6.46. The van der Waals surface area contributed by atoms with E-state index in [0.717, 1.165) is 0 Å². The fourth-order valence-corrected chi connectivity index (χ4v) is 2.10. The molecule has 0 spiro atoms.